The number of hydrogen-bond donors (Lipinski definition) is 0. The number of Topliss-reactive ketones (excluding diaryl/α,β-unsaturated/α-hetero) is 1. The minimum atomic E-state index is -0.270. The SMILES string of the molecule is CCOC(CC)C(=O)c1ccsc1C. The van der Waals surface area contributed by atoms with E-state index < -0.39 is 0 Å². The van der Waals surface area contributed by atoms with Crippen LogP contribution in [0.1, 0.15) is 35.5 Å². The summed E-state index contributed by atoms with van der Waals surface area (Å²) in [5.41, 5.74) is 0.815. The van der Waals surface area contributed by atoms with Gasteiger partial charge in [-0.25, -0.2) is 0 Å². The molecule has 0 saturated heterocycles. The van der Waals surface area contributed by atoms with Crippen molar-refractivity contribution in [2.45, 2.75) is 33.3 Å². The van der Waals surface area contributed by atoms with Crippen molar-refractivity contribution in [3.63, 3.8) is 0 Å². The zero-order chi connectivity index (χ0) is 10.6. The Kier molecular flexibility index (Phi) is 4.29. The van der Waals surface area contributed by atoms with Crippen molar-refractivity contribution in [3.05, 3.63) is 21.9 Å². The summed E-state index contributed by atoms with van der Waals surface area (Å²) in [5, 5.41) is 1.95. The molecule has 0 aromatic carbocycles. The molecule has 0 radical (unpaired) electrons. The molecule has 2 nitrogen and oxygen atoms in total. The van der Waals surface area contributed by atoms with E-state index in [1.54, 1.807) is 11.3 Å². The molecule has 0 N–H and O–H groups in total. The first-order valence-corrected chi connectivity index (χ1v) is 5.78. The smallest absolute Gasteiger partial charge is 0.192 e. The zero-order valence-electron chi connectivity index (χ0n) is 8.87. The molecule has 0 aliphatic carbocycles. The molecule has 3 heteroatoms. The molecule has 0 saturated carbocycles. The molecule has 1 aromatic rings. The van der Waals surface area contributed by atoms with Crippen LogP contribution in [-0.4, -0.2) is 18.5 Å². The van der Waals surface area contributed by atoms with Gasteiger partial charge in [-0.1, -0.05) is 6.92 Å². The fourth-order valence-corrected chi connectivity index (χ4v) is 2.10. The van der Waals surface area contributed by atoms with Gasteiger partial charge < -0.3 is 4.74 Å². The fourth-order valence-electron chi connectivity index (χ4n) is 1.39. The summed E-state index contributed by atoms with van der Waals surface area (Å²) >= 11 is 1.60. The van der Waals surface area contributed by atoms with Gasteiger partial charge in [0.1, 0.15) is 6.10 Å². The van der Waals surface area contributed by atoms with Gasteiger partial charge in [0, 0.05) is 17.0 Å². The lowest BCUT2D eigenvalue weighted by Crippen LogP contribution is -2.23. The fraction of sp³-hybridized carbons (Fsp3) is 0.545. The Morgan fingerprint density at radius 1 is 1.57 bits per heavy atom. The van der Waals surface area contributed by atoms with Gasteiger partial charge in [0.05, 0.1) is 0 Å². The summed E-state index contributed by atoms with van der Waals surface area (Å²) in [5.74, 6) is 0.119. The summed E-state index contributed by atoms with van der Waals surface area (Å²) in [6.07, 6.45) is 0.468. The molecule has 0 amide bonds. The maximum Gasteiger partial charge on any atom is 0.192 e. The maximum absolute atomic E-state index is 11.9. The van der Waals surface area contributed by atoms with E-state index in [4.69, 9.17) is 4.74 Å². The number of aryl methyl sites for hydroxylation is 1. The molecule has 1 heterocycles. The summed E-state index contributed by atoms with van der Waals surface area (Å²) < 4.78 is 5.39. The van der Waals surface area contributed by atoms with Gasteiger partial charge in [-0.15, -0.1) is 11.3 Å². The summed E-state index contributed by atoms with van der Waals surface area (Å²) in [7, 11) is 0. The van der Waals surface area contributed by atoms with Gasteiger partial charge in [0.15, 0.2) is 5.78 Å². The van der Waals surface area contributed by atoms with Crippen LogP contribution in [0.3, 0.4) is 0 Å². The van der Waals surface area contributed by atoms with E-state index in [2.05, 4.69) is 0 Å². The quantitative estimate of drug-likeness (QED) is 0.701. The average Bonchev–Trinajstić information content (AvgIpc) is 2.59. The highest BCUT2D eigenvalue weighted by atomic mass is 32.1. The van der Waals surface area contributed by atoms with Gasteiger partial charge in [-0.3, -0.25) is 4.79 Å². The monoisotopic (exact) mass is 212 g/mol. The molecular formula is C11H16O2S. The molecule has 1 rings (SSSR count). The number of ether oxygens (including phenoxy) is 1. The molecule has 0 fully saturated rings. The van der Waals surface area contributed by atoms with Crippen LogP contribution in [0.5, 0.6) is 0 Å². The van der Waals surface area contributed by atoms with Gasteiger partial charge >= 0.3 is 0 Å². The predicted molar refractivity (Wildman–Crippen MR) is 59.1 cm³/mol. The molecule has 0 bridgehead atoms. The van der Waals surface area contributed by atoms with Crippen LogP contribution in [0.25, 0.3) is 0 Å². The zero-order valence-corrected chi connectivity index (χ0v) is 9.69. The summed E-state index contributed by atoms with van der Waals surface area (Å²) in [4.78, 5) is 13.0. The number of ketones is 1. The molecule has 78 valence electrons. The van der Waals surface area contributed by atoms with Gasteiger partial charge in [-0.2, -0.15) is 0 Å². The van der Waals surface area contributed by atoms with Crippen molar-refractivity contribution in [3.8, 4) is 0 Å². The Morgan fingerprint density at radius 3 is 2.71 bits per heavy atom. The van der Waals surface area contributed by atoms with E-state index in [1.807, 2.05) is 32.2 Å². The second-order valence-corrected chi connectivity index (χ2v) is 4.23. The van der Waals surface area contributed by atoms with Crippen molar-refractivity contribution in [1.29, 1.82) is 0 Å². The molecule has 0 spiro atoms. The van der Waals surface area contributed by atoms with E-state index in [0.717, 1.165) is 16.9 Å². The number of rotatable bonds is 5. The van der Waals surface area contributed by atoms with Gasteiger partial charge in [0.2, 0.25) is 0 Å². The molecule has 1 unspecified atom stereocenters. The number of carbonyl (C=O) groups excluding carboxylic acids is 1. The van der Waals surface area contributed by atoms with Crippen molar-refractivity contribution < 1.29 is 9.53 Å². The highest BCUT2D eigenvalue weighted by Gasteiger charge is 2.20. The second kappa shape index (κ2) is 5.27. The molecular weight excluding hydrogens is 196 g/mol. The topological polar surface area (TPSA) is 26.3 Å². The van der Waals surface area contributed by atoms with E-state index in [-0.39, 0.29) is 11.9 Å². The highest BCUT2D eigenvalue weighted by molar-refractivity contribution is 7.10. The van der Waals surface area contributed by atoms with Crippen molar-refractivity contribution in [2.24, 2.45) is 0 Å². The van der Waals surface area contributed by atoms with E-state index in [1.165, 1.54) is 0 Å². The first-order valence-electron chi connectivity index (χ1n) is 4.90. The maximum atomic E-state index is 11.9. The van der Waals surface area contributed by atoms with Crippen LogP contribution < -0.4 is 0 Å². The minimum Gasteiger partial charge on any atom is -0.370 e. The molecule has 14 heavy (non-hydrogen) atoms. The number of thiophene rings is 1. The molecule has 1 atom stereocenters. The van der Waals surface area contributed by atoms with Crippen LogP contribution in [0.15, 0.2) is 11.4 Å². The normalized spacial score (nSPS) is 12.8. The Bertz CT molecular complexity index is 304. The van der Waals surface area contributed by atoms with Crippen LogP contribution in [-0.2, 0) is 4.74 Å². The van der Waals surface area contributed by atoms with E-state index in [0.29, 0.717) is 6.61 Å². The molecule has 0 aliphatic rings. The Balaban J connectivity index is 2.78. The average molecular weight is 212 g/mol. The highest BCUT2D eigenvalue weighted by Crippen LogP contribution is 2.18. The van der Waals surface area contributed by atoms with Crippen LogP contribution in [0.2, 0.25) is 0 Å². The predicted octanol–water partition coefficient (Wildman–Crippen LogP) is 3.05. The third kappa shape index (κ3) is 2.42. The largest absolute Gasteiger partial charge is 0.370 e. The van der Waals surface area contributed by atoms with Gasteiger partial charge in [-0.05, 0) is 31.7 Å². The van der Waals surface area contributed by atoms with Crippen LogP contribution >= 0.6 is 11.3 Å². The Morgan fingerprint density at radius 2 is 2.29 bits per heavy atom. The molecule has 0 aliphatic heterocycles. The van der Waals surface area contributed by atoms with Crippen molar-refractivity contribution >= 4 is 17.1 Å². The van der Waals surface area contributed by atoms with Gasteiger partial charge in [0.25, 0.3) is 0 Å². The van der Waals surface area contributed by atoms with E-state index in [9.17, 15) is 4.79 Å². The lowest BCUT2D eigenvalue weighted by molar-refractivity contribution is 0.0444. The Labute approximate surface area is 88.9 Å². The van der Waals surface area contributed by atoms with Crippen molar-refractivity contribution in [2.75, 3.05) is 6.61 Å². The number of carbonyl (C=O) groups is 1. The third-order valence-corrected chi connectivity index (χ3v) is 3.00. The van der Waals surface area contributed by atoms with Crippen molar-refractivity contribution in [1.82, 2.24) is 0 Å². The van der Waals surface area contributed by atoms with E-state index >= 15 is 0 Å². The lowest BCUT2D eigenvalue weighted by Gasteiger charge is -2.13. The lowest BCUT2D eigenvalue weighted by atomic mass is 10.1. The second-order valence-electron chi connectivity index (χ2n) is 3.11. The van der Waals surface area contributed by atoms with Crippen LogP contribution in [0.4, 0.5) is 0 Å². The standard InChI is InChI=1S/C11H16O2S/c1-4-10(13-5-2)11(12)9-6-7-14-8(9)3/h6-7,10H,4-5H2,1-3H3. The summed E-state index contributed by atoms with van der Waals surface area (Å²) in [6.45, 7) is 6.44. The van der Waals surface area contributed by atoms with Crippen LogP contribution in [0, 0.1) is 6.92 Å². The summed E-state index contributed by atoms with van der Waals surface area (Å²) in [6, 6.07) is 1.88. The Hall–Kier alpha value is -0.670. The minimum absolute atomic E-state index is 0.119. The first kappa shape index (κ1) is 11.4. The molecule has 1 aromatic heterocycles. The number of hydrogen-bond acceptors (Lipinski definition) is 3. The third-order valence-electron chi connectivity index (χ3n) is 2.16. The first-order chi connectivity index (χ1) is 6.70.